The lowest BCUT2D eigenvalue weighted by Gasteiger charge is -2.16. The third kappa shape index (κ3) is 5.56. The second-order valence-corrected chi connectivity index (χ2v) is 10.2. The van der Waals surface area contributed by atoms with Crippen LogP contribution in [-0.4, -0.2) is 36.8 Å². The Labute approximate surface area is 247 Å². The van der Waals surface area contributed by atoms with Gasteiger partial charge in [-0.15, -0.1) is 0 Å². The maximum Gasteiger partial charge on any atom is 0.224 e. The van der Waals surface area contributed by atoms with Crippen LogP contribution < -0.4 is 11.1 Å². The molecule has 9 heteroatoms. The molecule has 1 atom stereocenters. The standard InChI is InChI=1S/C34H28N6O3/c1-21(37-31(43)19-22-9-16-30(42)25(18-22)20-41)23-10-12-26(13-11-23)40-33(27-8-5-17-36-32(27)35)39-29-15-14-28(38-34(29)40)24-6-3-2-4-7-24/h2-18,20-21,42H,19H2,1H3,(H2,35,36)(H,37,43). The van der Waals surface area contributed by atoms with E-state index in [-0.39, 0.29) is 29.7 Å². The van der Waals surface area contributed by atoms with Crippen molar-refractivity contribution in [3.63, 3.8) is 0 Å². The van der Waals surface area contributed by atoms with E-state index in [2.05, 4.69) is 10.3 Å². The molecule has 6 rings (SSSR count). The van der Waals surface area contributed by atoms with Crippen LogP contribution in [0.4, 0.5) is 5.82 Å². The molecule has 4 N–H and O–H groups in total. The smallest absolute Gasteiger partial charge is 0.224 e. The zero-order valence-corrected chi connectivity index (χ0v) is 23.3. The van der Waals surface area contributed by atoms with Crippen molar-refractivity contribution in [2.75, 3.05) is 5.73 Å². The number of carbonyl (C=O) groups excluding carboxylic acids is 2. The highest BCUT2D eigenvalue weighted by molar-refractivity contribution is 5.85. The van der Waals surface area contributed by atoms with E-state index < -0.39 is 0 Å². The first-order valence-corrected chi connectivity index (χ1v) is 13.7. The number of anilines is 1. The van der Waals surface area contributed by atoms with Gasteiger partial charge >= 0.3 is 0 Å². The molecule has 3 aromatic carbocycles. The van der Waals surface area contributed by atoms with Gasteiger partial charge in [-0.2, -0.15) is 0 Å². The summed E-state index contributed by atoms with van der Waals surface area (Å²) in [5.74, 6) is 0.672. The number of fused-ring (bicyclic) bond motifs is 1. The van der Waals surface area contributed by atoms with Gasteiger partial charge in [0, 0.05) is 17.4 Å². The zero-order chi connectivity index (χ0) is 29.9. The molecule has 0 saturated heterocycles. The van der Waals surface area contributed by atoms with Gasteiger partial charge in [0.1, 0.15) is 17.1 Å². The highest BCUT2D eigenvalue weighted by Gasteiger charge is 2.19. The summed E-state index contributed by atoms with van der Waals surface area (Å²) < 4.78 is 1.97. The van der Waals surface area contributed by atoms with E-state index >= 15 is 0 Å². The molecule has 3 aromatic heterocycles. The Morgan fingerprint density at radius 3 is 2.51 bits per heavy atom. The molecule has 1 unspecified atom stereocenters. The van der Waals surface area contributed by atoms with Crippen LogP contribution in [0.3, 0.4) is 0 Å². The average molecular weight is 569 g/mol. The first-order chi connectivity index (χ1) is 20.9. The van der Waals surface area contributed by atoms with E-state index in [4.69, 9.17) is 15.7 Å². The molecular weight excluding hydrogens is 540 g/mol. The van der Waals surface area contributed by atoms with Crippen LogP contribution >= 0.6 is 0 Å². The van der Waals surface area contributed by atoms with Crippen molar-refractivity contribution in [3.8, 4) is 34.1 Å². The first kappa shape index (κ1) is 27.3. The number of imidazole rings is 1. The molecule has 0 aliphatic rings. The summed E-state index contributed by atoms with van der Waals surface area (Å²) in [6, 6.07) is 29.7. The summed E-state index contributed by atoms with van der Waals surface area (Å²) in [6.45, 7) is 1.91. The van der Waals surface area contributed by atoms with Gasteiger partial charge in [-0.1, -0.05) is 48.5 Å². The molecule has 0 bridgehead atoms. The van der Waals surface area contributed by atoms with Crippen LogP contribution in [-0.2, 0) is 11.2 Å². The Balaban J connectivity index is 1.32. The van der Waals surface area contributed by atoms with Crippen molar-refractivity contribution in [1.29, 1.82) is 0 Å². The summed E-state index contributed by atoms with van der Waals surface area (Å²) in [7, 11) is 0. The number of amides is 1. The number of phenols is 1. The van der Waals surface area contributed by atoms with Crippen LogP contribution in [0.2, 0.25) is 0 Å². The van der Waals surface area contributed by atoms with E-state index in [1.54, 1.807) is 12.3 Å². The number of nitrogens with two attached hydrogens (primary N) is 1. The summed E-state index contributed by atoms with van der Waals surface area (Å²) in [5, 5.41) is 12.7. The number of rotatable bonds is 8. The van der Waals surface area contributed by atoms with E-state index in [1.807, 2.05) is 90.4 Å². The van der Waals surface area contributed by atoms with Crippen molar-refractivity contribution >= 4 is 29.2 Å². The Kier molecular flexibility index (Phi) is 7.36. The number of hydrogen-bond donors (Lipinski definition) is 3. The molecule has 9 nitrogen and oxygen atoms in total. The van der Waals surface area contributed by atoms with Gasteiger partial charge in [0.25, 0.3) is 0 Å². The number of hydrogen-bond acceptors (Lipinski definition) is 7. The Bertz CT molecular complexity index is 1950. The van der Waals surface area contributed by atoms with Crippen molar-refractivity contribution in [3.05, 3.63) is 120 Å². The van der Waals surface area contributed by atoms with Crippen LogP contribution in [0.15, 0.2) is 103 Å². The molecule has 3 heterocycles. The lowest BCUT2D eigenvalue weighted by Crippen LogP contribution is -2.28. The van der Waals surface area contributed by atoms with Gasteiger partial charge in [-0.3, -0.25) is 14.2 Å². The van der Waals surface area contributed by atoms with Crippen molar-refractivity contribution in [2.24, 2.45) is 0 Å². The zero-order valence-electron chi connectivity index (χ0n) is 23.3. The van der Waals surface area contributed by atoms with Gasteiger partial charge in [0.15, 0.2) is 17.8 Å². The molecule has 0 aliphatic carbocycles. The largest absolute Gasteiger partial charge is 0.507 e. The molecular formula is C34H28N6O3. The highest BCUT2D eigenvalue weighted by atomic mass is 16.3. The monoisotopic (exact) mass is 568 g/mol. The van der Waals surface area contributed by atoms with Gasteiger partial charge in [0.2, 0.25) is 5.91 Å². The van der Waals surface area contributed by atoms with Gasteiger partial charge in [0.05, 0.1) is 29.3 Å². The number of aromatic nitrogens is 4. The summed E-state index contributed by atoms with van der Waals surface area (Å²) >= 11 is 0. The Hall–Kier alpha value is -5.83. The summed E-state index contributed by atoms with van der Waals surface area (Å²) in [4.78, 5) is 38.1. The fourth-order valence-corrected chi connectivity index (χ4v) is 5.04. The molecule has 1 amide bonds. The minimum atomic E-state index is -0.278. The number of carbonyl (C=O) groups is 2. The number of aromatic hydroxyl groups is 1. The maximum absolute atomic E-state index is 12.8. The van der Waals surface area contributed by atoms with Crippen LogP contribution in [0, 0.1) is 0 Å². The van der Waals surface area contributed by atoms with Gasteiger partial charge < -0.3 is 16.2 Å². The third-order valence-electron chi connectivity index (χ3n) is 7.27. The minimum Gasteiger partial charge on any atom is -0.507 e. The number of aldehydes is 1. The molecule has 0 spiro atoms. The number of nitrogens with zero attached hydrogens (tertiary/aromatic N) is 4. The number of phenolic OH excluding ortho intramolecular Hbond substituents is 1. The quantitative estimate of drug-likeness (QED) is 0.201. The van der Waals surface area contributed by atoms with Gasteiger partial charge in [-0.05, 0) is 66.6 Å². The lowest BCUT2D eigenvalue weighted by atomic mass is 10.1. The number of pyridine rings is 2. The lowest BCUT2D eigenvalue weighted by molar-refractivity contribution is -0.121. The van der Waals surface area contributed by atoms with Crippen LogP contribution in [0.25, 0.3) is 39.5 Å². The Morgan fingerprint density at radius 2 is 1.77 bits per heavy atom. The van der Waals surface area contributed by atoms with E-state index in [0.717, 1.165) is 28.0 Å². The Morgan fingerprint density at radius 1 is 0.977 bits per heavy atom. The molecule has 0 fully saturated rings. The van der Waals surface area contributed by atoms with Crippen molar-refractivity contribution in [2.45, 2.75) is 19.4 Å². The first-order valence-electron chi connectivity index (χ1n) is 13.7. The van der Waals surface area contributed by atoms with Crippen molar-refractivity contribution < 1.29 is 14.7 Å². The molecule has 43 heavy (non-hydrogen) atoms. The second-order valence-electron chi connectivity index (χ2n) is 10.2. The summed E-state index contributed by atoms with van der Waals surface area (Å²) in [5.41, 5.74) is 12.7. The van der Waals surface area contributed by atoms with Gasteiger partial charge in [-0.25, -0.2) is 15.0 Å². The SMILES string of the molecule is CC(NC(=O)Cc1ccc(O)c(C=O)c1)c1ccc(-n2c(-c3cccnc3N)nc3ccc(-c4ccccc4)nc32)cc1. The van der Waals surface area contributed by atoms with E-state index in [9.17, 15) is 14.7 Å². The minimum absolute atomic E-state index is 0.0792. The van der Waals surface area contributed by atoms with Crippen LogP contribution in [0.5, 0.6) is 5.75 Å². The predicted molar refractivity (Wildman–Crippen MR) is 166 cm³/mol. The summed E-state index contributed by atoms with van der Waals surface area (Å²) in [6.07, 6.45) is 2.29. The van der Waals surface area contributed by atoms with Crippen molar-refractivity contribution in [1.82, 2.24) is 24.8 Å². The molecule has 6 aromatic rings. The number of benzene rings is 3. The molecule has 0 radical (unpaired) electrons. The number of nitrogens with one attached hydrogen (secondary N) is 1. The van der Waals surface area contributed by atoms with Crippen LogP contribution in [0.1, 0.15) is 34.5 Å². The van der Waals surface area contributed by atoms with E-state index in [1.165, 1.54) is 12.1 Å². The molecule has 0 saturated carbocycles. The fraction of sp³-hybridized carbons (Fsp3) is 0.0882. The fourth-order valence-electron chi connectivity index (χ4n) is 5.04. The molecule has 0 aliphatic heterocycles. The number of nitrogen functional groups attached to an aromatic ring is 1. The second kappa shape index (κ2) is 11.6. The predicted octanol–water partition coefficient (Wildman–Crippen LogP) is 5.67. The van der Waals surface area contributed by atoms with E-state index in [0.29, 0.717) is 34.7 Å². The maximum atomic E-state index is 12.8. The average Bonchev–Trinajstić information content (AvgIpc) is 3.41. The highest BCUT2D eigenvalue weighted by Crippen LogP contribution is 2.32. The normalized spacial score (nSPS) is 11.7. The third-order valence-corrected chi connectivity index (χ3v) is 7.27. The molecule has 212 valence electrons. The topological polar surface area (TPSA) is 136 Å².